The first kappa shape index (κ1) is 17.5. The van der Waals surface area contributed by atoms with E-state index in [0.717, 1.165) is 0 Å². The molecule has 0 aromatic carbocycles. The summed E-state index contributed by atoms with van der Waals surface area (Å²) in [5.74, 6) is 0. The van der Waals surface area contributed by atoms with Crippen molar-refractivity contribution >= 4 is 24.8 Å². The lowest BCUT2D eigenvalue weighted by Crippen LogP contribution is -2.39. The number of hydrogen-bond donors (Lipinski definition) is 1. The Hall–Kier alpha value is 0.460. The van der Waals surface area contributed by atoms with Crippen molar-refractivity contribution in [2.75, 3.05) is 52.4 Å². The predicted octanol–water partition coefficient (Wildman–Crippen LogP) is 1.61. The van der Waals surface area contributed by atoms with Gasteiger partial charge in [-0.3, -0.25) is 0 Å². The van der Waals surface area contributed by atoms with E-state index in [-0.39, 0.29) is 24.8 Å². The van der Waals surface area contributed by atoms with Crippen molar-refractivity contribution in [2.45, 2.75) is 25.7 Å². The van der Waals surface area contributed by atoms with Crippen molar-refractivity contribution in [1.29, 1.82) is 0 Å². The number of nitrogens with zero attached hydrogens (tertiary/aromatic N) is 2. The molecule has 2 heterocycles. The molecule has 0 unspecified atom stereocenters. The van der Waals surface area contributed by atoms with Crippen LogP contribution in [0.3, 0.4) is 0 Å². The molecule has 2 fully saturated rings. The summed E-state index contributed by atoms with van der Waals surface area (Å²) in [6.07, 6.45) is 5.60. The average molecular weight is 284 g/mol. The van der Waals surface area contributed by atoms with Gasteiger partial charge in [0.25, 0.3) is 0 Å². The second-order valence-electron chi connectivity index (χ2n) is 4.85. The van der Waals surface area contributed by atoms with Crippen LogP contribution in [0.1, 0.15) is 25.7 Å². The zero-order valence-corrected chi connectivity index (χ0v) is 12.3. The number of rotatable bonds is 3. The number of halogens is 2. The average Bonchev–Trinajstić information content (AvgIpc) is 2.56. The fourth-order valence-electron chi connectivity index (χ4n) is 2.59. The summed E-state index contributed by atoms with van der Waals surface area (Å²) in [6.45, 7) is 10.2. The van der Waals surface area contributed by atoms with Crippen LogP contribution in [0.5, 0.6) is 0 Å². The molecule has 2 saturated heterocycles. The lowest BCUT2D eigenvalue weighted by atomic mass is 10.1. The van der Waals surface area contributed by atoms with Crippen LogP contribution in [-0.2, 0) is 0 Å². The fraction of sp³-hybridized carbons (Fsp3) is 1.00. The van der Waals surface area contributed by atoms with Gasteiger partial charge in [0.2, 0.25) is 0 Å². The summed E-state index contributed by atoms with van der Waals surface area (Å²) in [4.78, 5) is 5.26. The Kier molecular flexibility index (Phi) is 10.7. The van der Waals surface area contributed by atoms with Crippen LogP contribution in [0.15, 0.2) is 0 Å². The predicted molar refractivity (Wildman–Crippen MR) is 78.7 cm³/mol. The van der Waals surface area contributed by atoms with Crippen molar-refractivity contribution in [2.24, 2.45) is 0 Å². The van der Waals surface area contributed by atoms with Crippen LogP contribution in [0.25, 0.3) is 0 Å². The Morgan fingerprint density at radius 1 is 0.647 bits per heavy atom. The number of likely N-dealkylation sites (tertiary alicyclic amines) is 1. The molecule has 1 N–H and O–H groups in total. The molecule has 0 aromatic rings. The molecule has 2 rings (SSSR count). The van der Waals surface area contributed by atoms with Crippen molar-refractivity contribution in [3.05, 3.63) is 0 Å². The molecule has 0 bridgehead atoms. The Balaban J connectivity index is 0.00000128. The van der Waals surface area contributed by atoms with Crippen molar-refractivity contribution in [1.82, 2.24) is 15.1 Å². The number of piperidine rings is 1. The third kappa shape index (κ3) is 6.82. The van der Waals surface area contributed by atoms with Gasteiger partial charge in [0.15, 0.2) is 0 Å². The highest BCUT2D eigenvalue weighted by atomic mass is 35.5. The van der Waals surface area contributed by atoms with E-state index < -0.39 is 0 Å². The van der Waals surface area contributed by atoms with Crippen molar-refractivity contribution in [3.8, 4) is 0 Å². The summed E-state index contributed by atoms with van der Waals surface area (Å²) in [5.41, 5.74) is 0. The molecule has 0 saturated carbocycles. The minimum atomic E-state index is 0. The second-order valence-corrected chi connectivity index (χ2v) is 4.85. The van der Waals surface area contributed by atoms with E-state index in [4.69, 9.17) is 0 Å². The topological polar surface area (TPSA) is 18.5 Å². The summed E-state index contributed by atoms with van der Waals surface area (Å²) >= 11 is 0. The van der Waals surface area contributed by atoms with Gasteiger partial charge in [-0.2, -0.15) is 0 Å². The van der Waals surface area contributed by atoms with Crippen LogP contribution in [0.4, 0.5) is 0 Å². The molecule has 2 aliphatic rings. The molecule has 0 spiro atoms. The van der Waals surface area contributed by atoms with Gasteiger partial charge in [-0.15, -0.1) is 24.8 Å². The molecule has 17 heavy (non-hydrogen) atoms. The summed E-state index contributed by atoms with van der Waals surface area (Å²) in [7, 11) is 0. The van der Waals surface area contributed by atoms with Gasteiger partial charge in [-0.25, -0.2) is 0 Å². The maximum Gasteiger partial charge on any atom is 0.0110 e. The van der Waals surface area contributed by atoms with Gasteiger partial charge >= 0.3 is 0 Å². The molecule has 0 radical (unpaired) electrons. The van der Waals surface area contributed by atoms with E-state index in [0.29, 0.717) is 0 Å². The highest BCUT2D eigenvalue weighted by molar-refractivity contribution is 5.85. The van der Waals surface area contributed by atoms with E-state index in [9.17, 15) is 0 Å². The van der Waals surface area contributed by atoms with Crippen molar-refractivity contribution in [3.63, 3.8) is 0 Å². The molecule has 0 amide bonds. The maximum atomic E-state index is 3.46. The van der Waals surface area contributed by atoms with Gasteiger partial charge in [-0.05, 0) is 45.4 Å². The Morgan fingerprint density at radius 2 is 1.24 bits per heavy atom. The minimum Gasteiger partial charge on any atom is -0.315 e. The molecule has 5 heteroatoms. The fourth-order valence-corrected chi connectivity index (χ4v) is 2.59. The quantitative estimate of drug-likeness (QED) is 0.849. The minimum absolute atomic E-state index is 0. The van der Waals surface area contributed by atoms with E-state index in [1.165, 1.54) is 78.0 Å². The SMILES string of the molecule is C1CCN(CCN2CCCNCC2)CC1.Cl.Cl. The van der Waals surface area contributed by atoms with Gasteiger partial charge < -0.3 is 15.1 Å². The molecule has 0 aromatic heterocycles. The first-order chi connectivity index (χ1) is 7.45. The van der Waals surface area contributed by atoms with Gasteiger partial charge in [-0.1, -0.05) is 6.42 Å². The molecule has 0 aliphatic carbocycles. The first-order valence-electron chi connectivity index (χ1n) is 6.60. The maximum absolute atomic E-state index is 3.46. The van der Waals surface area contributed by atoms with Crippen molar-refractivity contribution < 1.29 is 0 Å². The summed E-state index contributed by atoms with van der Waals surface area (Å²) in [6, 6.07) is 0. The summed E-state index contributed by atoms with van der Waals surface area (Å²) < 4.78 is 0. The number of hydrogen-bond acceptors (Lipinski definition) is 3. The Bertz CT molecular complexity index is 167. The Morgan fingerprint density at radius 3 is 1.94 bits per heavy atom. The zero-order chi connectivity index (χ0) is 10.3. The van der Waals surface area contributed by atoms with Crippen LogP contribution in [0.2, 0.25) is 0 Å². The van der Waals surface area contributed by atoms with Crippen LogP contribution >= 0.6 is 24.8 Å². The number of nitrogens with one attached hydrogen (secondary N) is 1. The van der Waals surface area contributed by atoms with E-state index in [1.54, 1.807) is 0 Å². The highest BCUT2D eigenvalue weighted by Gasteiger charge is 2.12. The zero-order valence-electron chi connectivity index (χ0n) is 10.7. The molecule has 3 nitrogen and oxygen atoms in total. The summed E-state index contributed by atoms with van der Waals surface area (Å²) in [5, 5.41) is 3.46. The largest absolute Gasteiger partial charge is 0.315 e. The van der Waals surface area contributed by atoms with Crippen LogP contribution < -0.4 is 5.32 Å². The molecule has 0 atom stereocenters. The second kappa shape index (κ2) is 10.4. The van der Waals surface area contributed by atoms with Crippen LogP contribution in [0, 0.1) is 0 Å². The standard InChI is InChI=1S/C12H25N3.2ClH/c1-2-7-14(8-3-1)11-12-15-9-4-5-13-6-10-15;;/h13H,1-12H2;2*1H. The van der Waals surface area contributed by atoms with E-state index >= 15 is 0 Å². The first-order valence-corrected chi connectivity index (χ1v) is 6.60. The van der Waals surface area contributed by atoms with Gasteiger partial charge in [0, 0.05) is 26.2 Å². The van der Waals surface area contributed by atoms with E-state index in [1.807, 2.05) is 0 Å². The monoisotopic (exact) mass is 283 g/mol. The molecule has 2 aliphatic heterocycles. The molecule has 104 valence electrons. The van der Waals surface area contributed by atoms with Gasteiger partial charge in [0.1, 0.15) is 0 Å². The third-order valence-electron chi connectivity index (χ3n) is 3.61. The van der Waals surface area contributed by atoms with Crippen LogP contribution in [-0.4, -0.2) is 62.2 Å². The van der Waals surface area contributed by atoms with E-state index in [2.05, 4.69) is 15.1 Å². The lowest BCUT2D eigenvalue weighted by Gasteiger charge is -2.29. The lowest BCUT2D eigenvalue weighted by molar-refractivity contribution is 0.186. The highest BCUT2D eigenvalue weighted by Crippen LogP contribution is 2.08. The smallest absolute Gasteiger partial charge is 0.0110 e. The van der Waals surface area contributed by atoms with Gasteiger partial charge in [0.05, 0.1) is 0 Å². The third-order valence-corrected chi connectivity index (χ3v) is 3.61. The Labute approximate surface area is 118 Å². The normalized spacial score (nSPS) is 23.3. The molecular formula is C12H27Cl2N3. The molecular weight excluding hydrogens is 257 g/mol.